The summed E-state index contributed by atoms with van der Waals surface area (Å²) in [5.41, 5.74) is 1.93. The van der Waals surface area contributed by atoms with E-state index in [0.29, 0.717) is 43.0 Å². The van der Waals surface area contributed by atoms with Gasteiger partial charge in [-0.05, 0) is 73.2 Å². The number of hydrogen-bond donors (Lipinski definition) is 1. The van der Waals surface area contributed by atoms with Gasteiger partial charge in [0.05, 0.1) is 27.2 Å². The summed E-state index contributed by atoms with van der Waals surface area (Å²) in [6.07, 6.45) is 1.75. The third-order valence-electron chi connectivity index (χ3n) is 4.93. The van der Waals surface area contributed by atoms with Gasteiger partial charge in [-0.1, -0.05) is 59.3 Å². The van der Waals surface area contributed by atoms with E-state index in [1.54, 1.807) is 66.7 Å². The van der Waals surface area contributed by atoms with E-state index < -0.39 is 0 Å². The Labute approximate surface area is 228 Å². The molecule has 1 aliphatic heterocycles. The number of benzene rings is 3. The molecule has 0 aromatic heterocycles. The van der Waals surface area contributed by atoms with Gasteiger partial charge in [-0.3, -0.25) is 14.5 Å². The molecule has 0 spiro atoms. The van der Waals surface area contributed by atoms with Crippen LogP contribution >= 0.6 is 47.2 Å². The van der Waals surface area contributed by atoms with Gasteiger partial charge in [0.25, 0.3) is 11.8 Å². The maximum atomic E-state index is 13.1. The Morgan fingerprint density at radius 3 is 2.53 bits per heavy atom. The molecule has 0 atom stereocenters. The van der Waals surface area contributed by atoms with Crippen molar-refractivity contribution in [2.75, 3.05) is 23.4 Å². The number of thiocarbonyl (C=S) groups is 1. The van der Waals surface area contributed by atoms with Crippen molar-refractivity contribution < 1.29 is 19.1 Å². The molecule has 0 aliphatic carbocycles. The first-order chi connectivity index (χ1) is 17.3. The standard InChI is InChI=1S/C26H20Cl2N2O4S2/c1-2-33-19-9-7-18(8-10-19)30-25(32)23(36-26(30)35)13-16-4-3-5-20(12-16)34-15-24(31)29-17-6-11-21(27)22(28)14-17/h3-14H,2,15H2,1H3,(H,29,31)/b23-13-. The number of nitrogens with zero attached hydrogens (tertiary/aromatic N) is 1. The fourth-order valence-corrected chi connectivity index (χ4v) is 4.91. The Kier molecular flexibility index (Phi) is 8.53. The smallest absolute Gasteiger partial charge is 0.270 e. The molecule has 1 aliphatic rings. The van der Waals surface area contributed by atoms with Crippen molar-refractivity contribution in [3.63, 3.8) is 0 Å². The molecule has 3 aromatic carbocycles. The molecular weight excluding hydrogens is 539 g/mol. The summed E-state index contributed by atoms with van der Waals surface area (Å²) in [6.45, 7) is 2.27. The van der Waals surface area contributed by atoms with Crippen LogP contribution < -0.4 is 19.7 Å². The van der Waals surface area contributed by atoms with E-state index >= 15 is 0 Å². The number of carbonyl (C=O) groups is 2. The average Bonchev–Trinajstić information content (AvgIpc) is 3.13. The lowest BCUT2D eigenvalue weighted by Crippen LogP contribution is -2.27. The van der Waals surface area contributed by atoms with Crippen molar-refractivity contribution in [2.24, 2.45) is 0 Å². The van der Waals surface area contributed by atoms with E-state index in [2.05, 4.69) is 5.32 Å². The molecule has 1 fully saturated rings. The molecule has 1 saturated heterocycles. The van der Waals surface area contributed by atoms with Crippen LogP contribution in [0.2, 0.25) is 10.0 Å². The predicted octanol–water partition coefficient (Wildman–Crippen LogP) is 6.82. The molecule has 1 heterocycles. The fraction of sp³-hybridized carbons (Fsp3) is 0.115. The zero-order valence-electron chi connectivity index (χ0n) is 19.0. The van der Waals surface area contributed by atoms with E-state index in [0.717, 1.165) is 11.3 Å². The minimum Gasteiger partial charge on any atom is -0.494 e. The highest BCUT2D eigenvalue weighted by Gasteiger charge is 2.33. The largest absolute Gasteiger partial charge is 0.494 e. The monoisotopic (exact) mass is 558 g/mol. The van der Waals surface area contributed by atoms with Gasteiger partial charge in [-0.15, -0.1) is 0 Å². The number of halogens is 2. The summed E-state index contributed by atoms with van der Waals surface area (Å²) in [5, 5.41) is 3.45. The molecule has 0 radical (unpaired) electrons. The molecule has 0 bridgehead atoms. The van der Waals surface area contributed by atoms with Gasteiger partial charge in [-0.25, -0.2) is 0 Å². The molecule has 0 unspecified atom stereocenters. The Bertz CT molecular complexity index is 1350. The lowest BCUT2D eigenvalue weighted by atomic mass is 10.2. The number of anilines is 2. The second-order valence-electron chi connectivity index (χ2n) is 7.48. The molecule has 2 amide bonds. The Balaban J connectivity index is 1.40. The van der Waals surface area contributed by atoms with Crippen LogP contribution in [0.15, 0.2) is 71.6 Å². The summed E-state index contributed by atoms with van der Waals surface area (Å²) in [5.74, 6) is 0.649. The summed E-state index contributed by atoms with van der Waals surface area (Å²) < 4.78 is 11.5. The van der Waals surface area contributed by atoms with Crippen LogP contribution in [0.1, 0.15) is 12.5 Å². The van der Waals surface area contributed by atoms with Gasteiger partial charge in [0.15, 0.2) is 10.9 Å². The third-order valence-corrected chi connectivity index (χ3v) is 6.97. The second-order valence-corrected chi connectivity index (χ2v) is 9.97. The van der Waals surface area contributed by atoms with Gasteiger partial charge < -0.3 is 14.8 Å². The highest BCUT2D eigenvalue weighted by molar-refractivity contribution is 8.27. The lowest BCUT2D eigenvalue weighted by molar-refractivity contribution is -0.118. The molecule has 0 saturated carbocycles. The lowest BCUT2D eigenvalue weighted by Gasteiger charge is -2.15. The maximum absolute atomic E-state index is 13.1. The number of amides is 2. The number of hydrogen-bond acceptors (Lipinski definition) is 6. The minimum absolute atomic E-state index is 0.205. The van der Waals surface area contributed by atoms with E-state index in [-0.39, 0.29) is 18.4 Å². The van der Waals surface area contributed by atoms with Gasteiger partial charge in [0.2, 0.25) is 0 Å². The van der Waals surface area contributed by atoms with Crippen molar-refractivity contribution in [2.45, 2.75) is 6.92 Å². The zero-order chi connectivity index (χ0) is 25.7. The zero-order valence-corrected chi connectivity index (χ0v) is 22.1. The predicted molar refractivity (Wildman–Crippen MR) is 150 cm³/mol. The Hall–Kier alpha value is -3.04. The van der Waals surface area contributed by atoms with Crippen molar-refractivity contribution in [3.8, 4) is 11.5 Å². The first kappa shape index (κ1) is 26.0. The number of nitrogens with one attached hydrogen (secondary N) is 1. The summed E-state index contributed by atoms with van der Waals surface area (Å²) >= 11 is 18.6. The number of ether oxygens (including phenoxy) is 2. The highest BCUT2D eigenvalue weighted by Crippen LogP contribution is 2.36. The molecule has 6 nitrogen and oxygen atoms in total. The molecule has 36 heavy (non-hydrogen) atoms. The summed E-state index contributed by atoms with van der Waals surface area (Å²) in [4.78, 5) is 27.3. The molecular formula is C26H20Cl2N2O4S2. The van der Waals surface area contributed by atoms with E-state index in [1.807, 2.05) is 13.0 Å². The van der Waals surface area contributed by atoms with Crippen molar-refractivity contribution in [1.29, 1.82) is 0 Å². The van der Waals surface area contributed by atoms with Crippen LogP contribution in [0.25, 0.3) is 6.08 Å². The first-order valence-electron chi connectivity index (χ1n) is 10.8. The molecule has 184 valence electrons. The highest BCUT2D eigenvalue weighted by atomic mass is 35.5. The van der Waals surface area contributed by atoms with Crippen molar-refractivity contribution in [3.05, 3.63) is 87.2 Å². The molecule has 4 rings (SSSR count). The first-order valence-corrected chi connectivity index (χ1v) is 12.8. The van der Waals surface area contributed by atoms with Crippen LogP contribution in [0, 0.1) is 0 Å². The van der Waals surface area contributed by atoms with Crippen LogP contribution in [0.4, 0.5) is 11.4 Å². The number of thioether (sulfide) groups is 1. The Morgan fingerprint density at radius 2 is 1.81 bits per heavy atom. The fourth-order valence-electron chi connectivity index (χ4n) is 3.31. The van der Waals surface area contributed by atoms with Gasteiger partial charge in [0.1, 0.15) is 11.5 Å². The van der Waals surface area contributed by atoms with Crippen molar-refractivity contribution >= 4 is 80.8 Å². The minimum atomic E-state index is -0.352. The molecule has 3 aromatic rings. The van der Waals surface area contributed by atoms with Gasteiger partial charge in [-0.2, -0.15) is 0 Å². The maximum Gasteiger partial charge on any atom is 0.270 e. The summed E-state index contributed by atoms with van der Waals surface area (Å²) in [6, 6.07) is 19.1. The average molecular weight is 559 g/mol. The van der Waals surface area contributed by atoms with Gasteiger partial charge >= 0.3 is 0 Å². The van der Waals surface area contributed by atoms with Gasteiger partial charge in [0, 0.05) is 5.69 Å². The SMILES string of the molecule is CCOc1ccc(N2C(=O)/C(=C/c3cccc(OCC(=O)Nc4ccc(Cl)c(Cl)c4)c3)SC2=S)cc1. The normalized spacial score (nSPS) is 14.3. The third kappa shape index (κ3) is 6.39. The van der Waals surface area contributed by atoms with E-state index in [4.69, 9.17) is 44.9 Å². The van der Waals surface area contributed by atoms with Crippen LogP contribution in [0.5, 0.6) is 11.5 Å². The van der Waals surface area contributed by atoms with Crippen LogP contribution in [-0.2, 0) is 9.59 Å². The van der Waals surface area contributed by atoms with Crippen molar-refractivity contribution in [1.82, 2.24) is 0 Å². The van der Waals surface area contributed by atoms with Crippen LogP contribution in [-0.4, -0.2) is 29.3 Å². The molecule has 1 N–H and O–H groups in total. The quantitative estimate of drug-likeness (QED) is 0.242. The second kappa shape index (κ2) is 11.8. The molecule has 10 heteroatoms. The van der Waals surface area contributed by atoms with Crippen LogP contribution in [0.3, 0.4) is 0 Å². The topological polar surface area (TPSA) is 67.9 Å². The summed E-state index contributed by atoms with van der Waals surface area (Å²) in [7, 11) is 0. The number of rotatable bonds is 8. The number of carbonyl (C=O) groups excluding carboxylic acids is 2. The van der Waals surface area contributed by atoms with E-state index in [9.17, 15) is 9.59 Å². The Morgan fingerprint density at radius 1 is 1.03 bits per heavy atom. The van der Waals surface area contributed by atoms with E-state index in [1.165, 1.54) is 16.7 Å².